The van der Waals surface area contributed by atoms with E-state index in [4.69, 9.17) is 9.84 Å². The maximum atomic E-state index is 11.8. The van der Waals surface area contributed by atoms with Crippen molar-refractivity contribution >= 4 is 19.9 Å². The summed E-state index contributed by atoms with van der Waals surface area (Å²) in [5.74, 6) is -0.197. The van der Waals surface area contributed by atoms with Gasteiger partial charge in [-0.2, -0.15) is 0 Å². The maximum absolute atomic E-state index is 11.8. The summed E-state index contributed by atoms with van der Waals surface area (Å²) in [5, 5.41) is 29.4. The Hall–Kier alpha value is -2.11. The van der Waals surface area contributed by atoms with Crippen LogP contribution < -0.4 is 5.32 Å². The molecule has 4 N–H and O–H groups in total. The summed E-state index contributed by atoms with van der Waals surface area (Å²) in [5.41, 5.74) is 2.63. The fraction of sp³-hybridized carbons (Fsp3) is 0.625. The molecule has 1 aliphatic heterocycles. The van der Waals surface area contributed by atoms with Crippen molar-refractivity contribution in [2.24, 2.45) is 5.92 Å². The zero-order chi connectivity index (χ0) is 24.9. The van der Waals surface area contributed by atoms with Gasteiger partial charge < -0.3 is 25.1 Å². The summed E-state index contributed by atoms with van der Waals surface area (Å²) in [6, 6.07) is 7.64. The third-order valence-electron chi connectivity index (χ3n) is 6.61. The molecule has 10 heteroatoms. The summed E-state index contributed by atoms with van der Waals surface area (Å²) in [6.45, 7) is 8.27. The molecule has 1 aliphatic rings. The number of ether oxygens (including phenoxy) is 1. The van der Waals surface area contributed by atoms with Crippen molar-refractivity contribution in [1.29, 1.82) is 0 Å². The third kappa shape index (κ3) is 6.95. The molecule has 188 valence electrons. The molecule has 1 saturated heterocycles. The van der Waals surface area contributed by atoms with Crippen molar-refractivity contribution in [3.63, 3.8) is 0 Å². The van der Waals surface area contributed by atoms with Gasteiger partial charge >= 0.3 is 0 Å². The molecule has 9 nitrogen and oxygen atoms in total. The van der Waals surface area contributed by atoms with Gasteiger partial charge in [-0.1, -0.05) is 24.3 Å². The van der Waals surface area contributed by atoms with Crippen LogP contribution in [0.15, 0.2) is 30.5 Å². The first-order chi connectivity index (χ1) is 16.1. The Morgan fingerprint density at radius 2 is 2.03 bits per heavy atom. The first kappa shape index (κ1) is 26.5. The van der Waals surface area contributed by atoms with E-state index in [1.54, 1.807) is 10.7 Å². The predicted molar refractivity (Wildman–Crippen MR) is 132 cm³/mol. The van der Waals surface area contributed by atoms with Gasteiger partial charge in [0.05, 0.1) is 17.9 Å². The largest absolute Gasteiger partial charge is 0.432 e. The van der Waals surface area contributed by atoms with Crippen LogP contribution in [0.1, 0.15) is 37.9 Å². The van der Waals surface area contributed by atoms with Crippen LogP contribution in [0, 0.1) is 5.92 Å². The molecule has 2 heterocycles. The van der Waals surface area contributed by atoms with E-state index < -0.39 is 20.3 Å². The van der Waals surface area contributed by atoms with Gasteiger partial charge in [0.15, 0.2) is 8.32 Å². The average molecular weight is 491 g/mol. The van der Waals surface area contributed by atoms with E-state index in [0.717, 1.165) is 30.5 Å². The van der Waals surface area contributed by atoms with Crippen LogP contribution in [0.2, 0.25) is 18.6 Å². The zero-order valence-corrected chi connectivity index (χ0v) is 21.5. The quantitative estimate of drug-likeness (QED) is 0.355. The number of benzene rings is 1. The van der Waals surface area contributed by atoms with E-state index >= 15 is 0 Å². The number of nitrogens with zero attached hydrogens (tertiary/aromatic N) is 3. The van der Waals surface area contributed by atoms with Gasteiger partial charge in [-0.05, 0) is 62.9 Å². The zero-order valence-electron chi connectivity index (χ0n) is 20.5. The second kappa shape index (κ2) is 11.5. The van der Waals surface area contributed by atoms with Crippen LogP contribution in [0.5, 0.6) is 0 Å². The number of aromatic nitrogens is 3. The number of amides is 1. The lowest BCUT2D eigenvalue weighted by atomic mass is 9.95. The fourth-order valence-electron chi connectivity index (χ4n) is 4.98. The van der Waals surface area contributed by atoms with Crippen LogP contribution >= 0.6 is 0 Å². The van der Waals surface area contributed by atoms with Crippen molar-refractivity contribution in [3.05, 3.63) is 41.7 Å². The Balaban J connectivity index is 1.62. The molecule has 0 spiro atoms. The monoisotopic (exact) mass is 490 g/mol. The molecule has 0 aliphatic carbocycles. The number of aryl methyl sites for hydroxylation is 2. The van der Waals surface area contributed by atoms with Crippen LogP contribution in [0.3, 0.4) is 0 Å². The molecule has 1 amide bonds. The topological polar surface area (TPSA) is 130 Å². The second-order valence-electron chi connectivity index (χ2n) is 9.89. The highest BCUT2D eigenvalue weighted by atomic mass is 28.4. The molecule has 0 bridgehead atoms. The smallest absolute Gasteiger partial charge is 0.252 e. The summed E-state index contributed by atoms with van der Waals surface area (Å²) in [7, 11) is -2.46. The first-order valence-corrected chi connectivity index (χ1v) is 15.1. The van der Waals surface area contributed by atoms with Crippen molar-refractivity contribution < 1.29 is 24.5 Å². The molecular weight excluding hydrogens is 452 g/mol. The Labute approximate surface area is 202 Å². The van der Waals surface area contributed by atoms with Gasteiger partial charge in [-0.25, -0.2) is 0 Å². The summed E-state index contributed by atoms with van der Waals surface area (Å²) >= 11 is 0. The Bertz CT molecular complexity index is 945. The number of rotatable bonds is 11. The van der Waals surface area contributed by atoms with Crippen LogP contribution in [-0.4, -0.2) is 69.1 Å². The van der Waals surface area contributed by atoms with Crippen molar-refractivity contribution in [3.8, 4) is 0 Å². The molecule has 1 fully saturated rings. The van der Waals surface area contributed by atoms with E-state index in [2.05, 4.69) is 22.6 Å². The molecular formula is C24H38N4O5Si. The number of aliphatic hydroxyl groups excluding tert-OH is 2. The van der Waals surface area contributed by atoms with Gasteiger partial charge in [-0.15, -0.1) is 5.10 Å². The molecule has 1 aromatic carbocycles. The molecule has 1 aromatic heterocycles. The Morgan fingerprint density at radius 1 is 1.26 bits per heavy atom. The maximum Gasteiger partial charge on any atom is 0.252 e. The number of nitrogens with one attached hydrogen (secondary N) is 1. The van der Waals surface area contributed by atoms with E-state index in [1.807, 2.05) is 37.5 Å². The number of aliphatic hydroxyl groups is 2. The van der Waals surface area contributed by atoms with E-state index in [0.29, 0.717) is 18.7 Å². The number of anilines is 1. The molecule has 3 rings (SSSR count). The predicted octanol–water partition coefficient (Wildman–Crippen LogP) is 2.13. The Kier molecular flexibility index (Phi) is 8.99. The van der Waals surface area contributed by atoms with Crippen LogP contribution in [0.4, 0.5) is 5.69 Å². The van der Waals surface area contributed by atoms with Crippen LogP contribution in [0.25, 0.3) is 0 Å². The first-order valence-electron chi connectivity index (χ1n) is 12.0. The minimum absolute atomic E-state index is 0.0327. The minimum Gasteiger partial charge on any atom is -0.432 e. The SMILES string of the molecule is C[C@@H]1[C@@H]([Si](C)(C)O)[C@H](CCn2cc(CCO)nn2)O[C@@H]1CCc1cccc(NC(=O)[C@H](C)O)c1. The highest BCUT2D eigenvalue weighted by Gasteiger charge is 2.49. The molecule has 0 saturated carbocycles. The lowest BCUT2D eigenvalue weighted by Crippen LogP contribution is -2.40. The number of hydrogen-bond donors (Lipinski definition) is 4. The lowest BCUT2D eigenvalue weighted by molar-refractivity contribution is -0.123. The van der Waals surface area contributed by atoms with E-state index in [9.17, 15) is 14.7 Å². The van der Waals surface area contributed by atoms with Gasteiger partial charge in [0.25, 0.3) is 5.91 Å². The minimum atomic E-state index is -2.46. The number of hydrogen-bond acceptors (Lipinski definition) is 7. The van der Waals surface area contributed by atoms with Crippen molar-refractivity contribution in [2.45, 2.75) is 83.0 Å². The lowest BCUT2D eigenvalue weighted by Gasteiger charge is -2.30. The van der Waals surface area contributed by atoms with E-state index in [-0.39, 0.29) is 30.3 Å². The van der Waals surface area contributed by atoms with E-state index in [1.165, 1.54) is 6.92 Å². The standard InChI is InChI=1S/C24H38N4O5Si/c1-16-21(9-8-18-6-5-7-19(14-18)25-24(31)17(2)30)33-22(23(16)34(3,4)32)10-12-28-15-20(11-13-29)26-27-28/h5-7,14-17,21-23,29-30,32H,8-13H2,1-4H3,(H,25,31)/t16-,17-,21+,22-,23+/m0/s1. The number of carbonyl (C=O) groups is 1. The van der Waals surface area contributed by atoms with Gasteiger partial charge in [0, 0.05) is 37.0 Å². The Morgan fingerprint density at radius 3 is 2.71 bits per heavy atom. The van der Waals surface area contributed by atoms with Gasteiger partial charge in [-0.3, -0.25) is 9.48 Å². The van der Waals surface area contributed by atoms with Crippen LogP contribution in [-0.2, 0) is 28.9 Å². The summed E-state index contributed by atoms with van der Waals surface area (Å²) < 4.78 is 8.29. The molecule has 34 heavy (non-hydrogen) atoms. The molecule has 5 atom stereocenters. The summed E-state index contributed by atoms with van der Waals surface area (Å²) in [6.07, 6.45) is 3.61. The van der Waals surface area contributed by atoms with Crippen molar-refractivity contribution in [2.75, 3.05) is 11.9 Å². The average Bonchev–Trinajstić information content (AvgIpc) is 3.34. The highest BCUT2D eigenvalue weighted by Crippen LogP contribution is 2.45. The third-order valence-corrected chi connectivity index (χ3v) is 9.14. The van der Waals surface area contributed by atoms with Crippen molar-refractivity contribution in [1.82, 2.24) is 15.0 Å². The highest BCUT2D eigenvalue weighted by molar-refractivity contribution is 6.71. The molecule has 0 radical (unpaired) electrons. The summed E-state index contributed by atoms with van der Waals surface area (Å²) in [4.78, 5) is 22.8. The van der Waals surface area contributed by atoms with Gasteiger partial charge in [0.2, 0.25) is 0 Å². The second-order valence-corrected chi connectivity index (χ2v) is 13.9. The normalized spacial score (nSPS) is 23.7. The number of carbonyl (C=O) groups excluding carboxylic acids is 1. The molecule has 2 aromatic rings. The molecule has 0 unspecified atom stereocenters. The van der Waals surface area contributed by atoms with Gasteiger partial charge in [0.1, 0.15) is 6.10 Å². The fourth-order valence-corrected chi connectivity index (χ4v) is 7.63.